The summed E-state index contributed by atoms with van der Waals surface area (Å²) in [6, 6.07) is 17.8. The molecule has 0 N–H and O–H groups in total. The number of para-hydroxylation sites is 1. The maximum Gasteiger partial charge on any atom is 0.152 e. The molecule has 86 valence electrons. The molecule has 0 saturated carbocycles. The fourth-order valence-corrected chi connectivity index (χ4v) is 1.88. The van der Waals surface area contributed by atoms with E-state index < -0.39 is 0 Å². The van der Waals surface area contributed by atoms with Gasteiger partial charge in [-0.25, -0.2) is 0 Å². The monoisotopic (exact) mass is 225 g/mol. The van der Waals surface area contributed by atoms with Crippen LogP contribution in [-0.2, 0) is 6.54 Å². The molecule has 0 fully saturated rings. The van der Waals surface area contributed by atoms with Crippen molar-refractivity contribution < 1.29 is 4.79 Å². The van der Waals surface area contributed by atoms with Crippen LogP contribution >= 0.6 is 0 Å². The van der Waals surface area contributed by atoms with Crippen molar-refractivity contribution in [2.75, 3.05) is 11.9 Å². The first kappa shape index (κ1) is 11.4. The van der Waals surface area contributed by atoms with E-state index >= 15 is 0 Å². The van der Waals surface area contributed by atoms with Crippen LogP contribution in [0.5, 0.6) is 0 Å². The Morgan fingerprint density at radius 1 is 1.00 bits per heavy atom. The smallest absolute Gasteiger partial charge is 0.152 e. The van der Waals surface area contributed by atoms with Crippen molar-refractivity contribution >= 4 is 12.0 Å². The number of hydrogen-bond donors (Lipinski definition) is 0. The average molecular weight is 225 g/mol. The number of nitrogens with zero attached hydrogens (tertiary/aromatic N) is 1. The Bertz CT molecular complexity index is 493. The standard InChI is InChI=1S/C15H15NO/c1-16(11-13-7-3-2-4-8-13)15-10-6-5-9-14(15)12-17/h2-10,12H,11H2,1H3. The third-order valence-corrected chi connectivity index (χ3v) is 2.74. The molecule has 0 aliphatic carbocycles. The second kappa shape index (κ2) is 5.30. The van der Waals surface area contributed by atoms with Crippen molar-refractivity contribution in [2.24, 2.45) is 0 Å². The van der Waals surface area contributed by atoms with Crippen LogP contribution in [0.4, 0.5) is 5.69 Å². The van der Waals surface area contributed by atoms with E-state index in [1.54, 1.807) is 0 Å². The van der Waals surface area contributed by atoms with E-state index in [0.717, 1.165) is 24.1 Å². The molecule has 0 amide bonds. The number of hydrogen-bond acceptors (Lipinski definition) is 2. The highest BCUT2D eigenvalue weighted by molar-refractivity contribution is 5.84. The first-order valence-corrected chi connectivity index (χ1v) is 5.60. The lowest BCUT2D eigenvalue weighted by Gasteiger charge is -2.20. The van der Waals surface area contributed by atoms with Gasteiger partial charge >= 0.3 is 0 Å². The minimum Gasteiger partial charge on any atom is -0.370 e. The van der Waals surface area contributed by atoms with Crippen LogP contribution < -0.4 is 4.90 Å². The molecule has 2 aromatic rings. The van der Waals surface area contributed by atoms with Crippen molar-refractivity contribution in [1.82, 2.24) is 0 Å². The van der Waals surface area contributed by atoms with Crippen LogP contribution in [0.3, 0.4) is 0 Å². The second-order valence-electron chi connectivity index (χ2n) is 4.02. The third kappa shape index (κ3) is 2.72. The molecule has 0 radical (unpaired) electrons. The van der Waals surface area contributed by atoms with E-state index in [-0.39, 0.29) is 0 Å². The molecule has 0 saturated heterocycles. The van der Waals surface area contributed by atoms with Gasteiger partial charge in [0.25, 0.3) is 0 Å². The molecular formula is C15H15NO. The third-order valence-electron chi connectivity index (χ3n) is 2.74. The van der Waals surface area contributed by atoms with Gasteiger partial charge in [-0.05, 0) is 17.7 Å². The number of carbonyl (C=O) groups is 1. The summed E-state index contributed by atoms with van der Waals surface area (Å²) in [5, 5.41) is 0. The van der Waals surface area contributed by atoms with Gasteiger partial charge in [-0.2, -0.15) is 0 Å². The molecule has 0 spiro atoms. The second-order valence-corrected chi connectivity index (χ2v) is 4.02. The van der Waals surface area contributed by atoms with Gasteiger partial charge in [0.15, 0.2) is 6.29 Å². The van der Waals surface area contributed by atoms with E-state index in [1.165, 1.54) is 5.56 Å². The van der Waals surface area contributed by atoms with Gasteiger partial charge in [-0.1, -0.05) is 42.5 Å². The highest BCUT2D eigenvalue weighted by Crippen LogP contribution is 2.19. The lowest BCUT2D eigenvalue weighted by Crippen LogP contribution is -2.17. The average Bonchev–Trinajstić information content (AvgIpc) is 2.40. The Hall–Kier alpha value is -2.09. The molecule has 0 aromatic heterocycles. The van der Waals surface area contributed by atoms with E-state index in [1.807, 2.05) is 49.5 Å². The molecule has 0 aliphatic heterocycles. The molecule has 0 heterocycles. The van der Waals surface area contributed by atoms with Crippen molar-refractivity contribution in [3.63, 3.8) is 0 Å². The highest BCUT2D eigenvalue weighted by atomic mass is 16.1. The predicted molar refractivity (Wildman–Crippen MR) is 70.4 cm³/mol. The summed E-state index contributed by atoms with van der Waals surface area (Å²) < 4.78 is 0. The van der Waals surface area contributed by atoms with Gasteiger partial charge in [-0.15, -0.1) is 0 Å². The Balaban J connectivity index is 2.20. The van der Waals surface area contributed by atoms with Gasteiger partial charge in [0, 0.05) is 24.8 Å². The molecule has 0 bridgehead atoms. The number of anilines is 1. The zero-order valence-corrected chi connectivity index (χ0v) is 9.84. The van der Waals surface area contributed by atoms with E-state index in [9.17, 15) is 4.79 Å². The summed E-state index contributed by atoms with van der Waals surface area (Å²) in [6.45, 7) is 0.797. The van der Waals surface area contributed by atoms with Crippen molar-refractivity contribution in [3.05, 3.63) is 65.7 Å². The Morgan fingerprint density at radius 2 is 1.65 bits per heavy atom. The van der Waals surface area contributed by atoms with Gasteiger partial charge in [0.05, 0.1) is 0 Å². The fraction of sp³-hybridized carbons (Fsp3) is 0.133. The van der Waals surface area contributed by atoms with Gasteiger partial charge in [-0.3, -0.25) is 4.79 Å². The maximum absolute atomic E-state index is 11.0. The summed E-state index contributed by atoms with van der Waals surface area (Å²) >= 11 is 0. The molecule has 2 rings (SSSR count). The van der Waals surface area contributed by atoms with Crippen LogP contribution in [-0.4, -0.2) is 13.3 Å². The molecular weight excluding hydrogens is 210 g/mol. The minimum atomic E-state index is 0.728. The number of rotatable bonds is 4. The summed E-state index contributed by atoms with van der Waals surface area (Å²) in [4.78, 5) is 13.0. The zero-order chi connectivity index (χ0) is 12.1. The largest absolute Gasteiger partial charge is 0.370 e. The summed E-state index contributed by atoms with van der Waals surface area (Å²) in [6.07, 6.45) is 0.900. The summed E-state index contributed by atoms with van der Waals surface area (Å²) in [5.74, 6) is 0. The van der Waals surface area contributed by atoms with E-state index in [0.29, 0.717) is 0 Å². The lowest BCUT2D eigenvalue weighted by molar-refractivity contribution is 0.112. The molecule has 17 heavy (non-hydrogen) atoms. The Kier molecular flexibility index (Phi) is 3.55. The van der Waals surface area contributed by atoms with Gasteiger partial charge in [0.2, 0.25) is 0 Å². The predicted octanol–water partition coefficient (Wildman–Crippen LogP) is 3.14. The van der Waals surface area contributed by atoms with Crippen LogP contribution in [0.1, 0.15) is 15.9 Å². The number of benzene rings is 2. The SMILES string of the molecule is CN(Cc1ccccc1)c1ccccc1C=O. The van der Waals surface area contributed by atoms with Crippen LogP contribution in [0, 0.1) is 0 Å². The normalized spacial score (nSPS) is 9.94. The first-order chi connectivity index (χ1) is 8.31. The number of carbonyl (C=O) groups excluding carboxylic acids is 1. The molecule has 0 atom stereocenters. The minimum absolute atomic E-state index is 0.728. The maximum atomic E-state index is 11.0. The highest BCUT2D eigenvalue weighted by Gasteiger charge is 2.06. The van der Waals surface area contributed by atoms with Crippen molar-refractivity contribution in [1.29, 1.82) is 0 Å². The van der Waals surface area contributed by atoms with Crippen LogP contribution in [0.2, 0.25) is 0 Å². The van der Waals surface area contributed by atoms with E-state index in [2.05, 4.69) is 17.0 Å². The Labute approximate surface area is 102 Å². The number of aldehydes is 1. The van der Waals surface area contributed by atoms with Gasteiger partial charge in [0.1, 0.15) is 0 Å². The topological polar surface area (TPSA) is 20.3 Å². The quantitative estimate of drug-likeness (QED) is 0.745. The first-order valence-electron chi connectivity index (χ1n) is 5.60. The molecule has 2 heteroatoms. The van der Waals surface area contributed by atoms with Crippen molar-refractivity contribution in [3.8, 4) is 0 Å². The van der Waals surface area contributed by atoms with Crippen molar-refractivity contribution in [2.45, 2.75) is 6.54 Å². The molecule has 0 aliphatic rings. The zero-order valence-electron chi connectivity index (χ0n) is 9.84. The molecule has 0 unspecified atom stereocenters. The van der Waals surface area contributed by atoms with E-state index in [4.69, 9.17) is 0 Å². The van der Waals surface area contributed by atoms with Gasteiger partial charge < -0.3 is 4.90 Å². The van der Waals surface area contributed by atoms with Crippen LogP contribution in [0.15, 0.2) is 54.6 Å². The summed E-state index contributed by atoms with van der Waals surface area (Å²) in [5.41, 5.74) is 2.92. The van der Waals surface area contributed by atoms with Crippen LogP contribution in [0.25, 0.3) is 0 Å². The molecule has 2 nitrogen and oxygen atoms in total. The Morgan fingerprint density at radius 3 is 2.35 bits per heavy atom. The summed E-state index contributed by atoms with van der Waals surface area (Å²) in [7, 11) is 2.00. The fourth-order valence-electron chi connectivity index (χ4n) is 1.88. The molecule has 2 aromatic carbocycles. The lowest BCUT2D eigenvalue weighted by atomic mass is 10.1.